The summed E-state index contributed by atoms with van der Waals surface area (Å²) in [6, 6.07) is 6.92. The Labute approximate surface area is 249 Å². The zero-order valence-electron chi connectivity index (χ0n) is 25.9. The Morgan fingerprint density at radius 1 is 1.07 bits per heavy atom. The maximum Gasteiger partial charge on any atom is 0.325 e. The second-order valence-corrected chi connectivity index (χ2v) is 11.3. The minimum atomic E-state index is -0.521. The molecule has 0 spiro atoms. The van der Waals surface area contributed by atoms with Crippen molar-refractivity contribution < 1.29 is 28.6 Å². The van der Waals surface area contributed by atoms with Crippen molar-refractivity contribution in [3.63, 3.8) is 0 Å². The molecule has 3 rings (SSSR count). The molecule has 1 aliphatic rings. The summed E-state index contributed by atoms with van der Waals surface area (Å²) in [5.41, 5.74) is 1.71. The quantitative estimate of drug-likeness (QED) is 0.262. The van der Waals surface area contributed by atoms with E-state index in [1.807, 2.05) is 22.9 Å². The van der Waals surface area contributed by atoms with E-state index in [1.54, 1.807) is 20.3 Å². The van der Waals surface area contributed by atoms with E-state index in [0.29, 0.717) is 36.3 Å². The molecule has 0 radical (unpaired) electrons. The van der Waals surface area contributed by atoms with Crippen LogP contribution in [-0.4, -0.2) is 61.5 Å². The number of carbonyl (C=O) groups excluding carboxylic acids is 3. The molecule has 1 aromatic heterocycles. The summed E-state index contributed by atoms with van der Waals surface area (Å²) in [5.74, 6) is 1.09. The van der Waals surface area contributed by atoms with Gasteiger partial charge in [0.15, 0.2) is 5.69 Å². The van der Waals surface area contributed by atoms with Crippen LogP contribution in [-0.2, 0) is 20.9 Å². The Bertz CT molecular complexity index is 1150. The number of nitrogens with zero attached hydrogens (tertiary/aromatic N) is 2. The van der Waals surface area contributed by atoms with E-state index >= 15 is 0 Å². The summed E-state index contributed by atoms with van der Waals surface area (Å²) in [7, 11) is 4.48. The molecule has 2 aromatic rings. The van der Waals surface area contributed by atoms with Gasteiger partial charge in [-0.05, 0) is 36.5 Å². The lowest BCUT2D eigenvalue weighted by molar-refractivity contribution is -0.141. The number of methoxy groups -OCH3 is 3. The molecule has 1 aromatic carbocycles. The fourth-order valence-corrected chi connectivity index (χ4v) is 5.55. The normalized spacial score (nSPS) is 15.0. The third kappa shape index (κ3) is 9.49. The molecule has 10 nitrogen and oxygen atoms in total. The minimum Gasteiger partial charge on any atom is -0.496 e. The molecule has 0 bridgehead atoms. The summed E-state index contributed by atoms with van der Waals surface area (Å²) in [5, 5.41) is 10.4. The highest BCUT2D eigenvalue weighted by molar-refractivity contribution is 5.94. The van der Waals surface area contributed by atoms with Crippen LogP contribution in [0.15, 0.2) is 24.3 Å². The topological polar surface area (TPSA) is 121 Å². The largest absolute Gasteiger partial charge is 0.496 e. The van der Waals surface area contributed by atoms with Gasteiger partial charge in [0, 0.05) is 19.0 Å². The van der Waals surface area contributed by atoms with E-state index in [1.165, 1.54) is 39.2 Å². The van der Waals surface area contributed by atoms with Crippen molar-refractivity contribution in [2.75, 3.05) is 27.9 Å². The molecule has 1 aliphatic carbocycles. The third-order valence-corrected chi connectivity index (χ3v) is 8.19. The lowest BCUT2D eigenvalue weighted by atomic mass is 9.85. The van der Waals surface area contributed by atoms with Gasteiger partial charge in [-0.25, -0.2) is 0 Å². The maximum absolute atomic E-state index is 13.6. The van der Waals surface area contributed by atoms with E-state index in [0.717, 1.165) is 30.5 Å². The maximum atomic E-state index is 13.6. The molecular weight excluding hydrogens is 536 g/mol. The van der Waals surface area contributed by atoms with E-state index in [9.17, 15) is 14.4 Å². The Hall–Kier alpha value is -3.56. The molecule has 1 heterocycles. The molecule has 0 saturated heterocycles. The molecule has 1 saturated carbocycles. The lowest BCUT2D eigenvalue weighted by Crippen LogP contribution is -2.40. The Morgan fingerprint density at radius 2 is 1.76 bits per heavy atom. The predicted molar refractivity (Wildman–Crippen MR) is 162 cm³/mol. The van der Waals surface area contributed by atoms with Crippen LogP contribution in [0.25, 0.3) is 11.3 Å². The van der Waals surface area contributed by atoms with Gasteiger partial charge in [-0.3, -0.25) is 19.1 Å². The summed E-state index contributed by atoms with van der Waals surface area (Å²) in [4.78, 5) is 37.8. The first-order chi connectivity index (χ1) is 20.3. The zero-order chi connectivity index (χ0) is 30.5. The van der Waals surface area contributed by atoms with E-state index in [4.69, 9.17) is 14.6 Å². The fraction of sp³-hybridized carbons (Fsp3) is 0.625. The summed E-state index contributed by atoms with van der Waals surface area (Å²) < 4.78 is 17.8. The first kappa shape index (κ1) is 32.9. The van der Waals surface area contributed by atoms with Crippen molar-refractivity contribution in [3.8, 4) is 22.8 Å². The van der Waals surface area contributed by atoms with Gasteiger partial charge in [0.25, 0.3) is 5.91 Å². The van der Waals surface area contributed by atoms with Gasteiger partial charge in [-0.15, -0.1) is 0 Å². The second kappa shape index (κ2) is 16.8. The van der Waals surface area contributed by atoms with Crippen LogP contribution in [0.2, 0.25) is 0 Å². The molecular formula is C32H48N4O6. The van der Waals surface area contributed by atoms with Crippen molar-refractivity contribution in [2.45, 2.75) is 90.6 Å². The van der Waals surface area contributed by atoms with Gasteiger partial charge >= 0.3 is 5.97 Å². The standard InChI is InChI=1S/C32H48N4O6/c1-6-22(2)21-36-26(31-27(40-3)16-11-17-28(31)41-4)19-25(35-36)32(39)34-24(18-29(37)33-20-30(38)42-5)15-10-14-23-12-8-7-9-13-23/h11,16-17,19,22-24H,6-10,12-15,18,20-21H2,1-5H3,(H,33,37)(H,34,39)/t22?,24-/m0/s1. The molecule has 0 aliphatic heterocycles. The van der Waals surface area contributed by atoms with Gasteiger partial charge in [0.05, 0.1) is 32.6 Å². The highest BCUT2D eigenvalue weighted by Gasteiger charge is 2.25. The third-order valence-electron chi connectivity index (χ3n) is 8.19. The van der Waals surface area contributed by atoms with Crippen molar-refractivity contribution in [2.24, 2.45) is 11.8 Å². The van der Waals surface area contributed by atoms with Crippen LogP contribution < -0.4 is 20.1 Å². The summed E-state index contributed by atoms with van der Waals surface area (Å²) in [6.07, 6.45) is 10.0. The predicted octanol–water partition coefficient (Wildman–Crippen LogP) is 5.14. The van der Waals surface area contributed by atoms with Crippen molar-refractivity contribution in [1.82, 2.24) is 20.4 Å². The SMILES string of the molecule is CCC(C)Cn1nc(C(=O)N[C@@H](CCCC2CCCCC2)CC(=O)NCC(=O)OC)cc1-c1c(OC)cccc1OC. The number of benzene rings is 1. The highest BCUT2D eigenvalue weighted by atomic mass is 16.5. The summed E-state index contributed by atoms with van der Waals surface area (Å²) >= 11 is 0. The van der Waals surface area contributed by atoms with Gasteiger partial charge in [-0.1, -0.05) is 71.3 Å². The van der Waals surface area contributed by atoms with Crippen LogP contribution in [0, 0.1) is 11.8 Å². The molecule has 1 unspecified atom stereocenters. The number of nitrogens with one attached hydrogen (secondary N) is 2. The summed E-state index contributed by atoms with van der Waals surface area (Å²) in [6.45, 7) is 4.66. The second-order valence-electron chi connectivity index (χ2n) is 11.3. The molecule has 2 amide bonds. The van der Waals surface area contributed by atoms with Crippen molar-refractivity contribution >= 4 is 17.8 Å². The number of esters is 1. The highest BCUT2D eigenvalue weighted by Crippen LogP contribution is 2.39. The molecule has 232 valence electrons. The van der Waals surface area contributed by atoms with Crippen LogP contribution >= 0.6 is 0 Å². The van der Waals surface area contributed by atoms with E-state index in [2.05, 4.69) is 29.2 Å². The number of hydrogen-bond donors (Lipinski definition) is 2. The molecule has 1 fully saturated rings. The number of ether oxygens (including phenoxy) is 3. The first-order valence-corrected chi connectivity index (χ1v) is 15.2. The van der Waals surface area contributed by atoms with Gasteiger partial charge in [0.2, 0.25) is 5.91 Å². The Balaban J connectivity index is 1.83. The number of carbonyl (C=O) groups is 3. The van der Waals surface area contributed by atoms with Crippen LogP contribution in [0.4, 0.5) is 0 Å². The first-order valence-electron chi connectivity index (χ1n) is 15.2. The lowest BCUT2D eigenvalue weighted by Gasteiger charge is -2.23. The number of aromatic nitrogens is 2. The average Bonchev–Trinajstić information content (AvgIpc) is 3.42. The minimum absolute atomic E-state index is 0.0637. The number of hydrogen-bond acceptors (Lipinski definition) is 7. The fourth-order valence-electron chi connectivity index (χ4n) is 5.55. The number of amides is 2. The molecule has 2 atom stereocenters. The monoisotopic (exact) mass is 584 g/mol. The number of rotatable bonds is 16. The molecule has 10 heteroatoms. The molecule has 42 heavy (non-hydrogen) atoms. The van der Waals surface area contributed by atoms with E-state index in [-0.39, 0.29) is 30.5 Å². The van der Waals surface area contributed by atoms with Crippen LogP contribution in [0.1, 0.15) is 88.5 Å². The average molecular weight is 585 g/mol. The van der Waals surface area contributed by atoms with Crippen molar-refractivity contribution in [1.29, 1.82) is 0 Å². The van der Waals surface area contributed by atoms with Gasteiger partial charge in [-0.2, -0.15) is 5.10 Å². The van der Waals surface area contributed by atoms with Crippen LogP contribution in [0.5, 0.6) is 11.5 Å². The van der Waals surface area contributed by atoms with Gasteiger partial charge in [0.1, 0.15) is 18.0 Å². The van der Waals surface area contributed by atoms with Gasteiger partial charge < -0.3 is 24.8 Å². The molecule has 2 N–H and O–H groups in total. The van der Waals surface area contributed by atoms with Crippen LogP contribution in [0.3, 0.4) is 0 Å². The Morgan fingerprint density at radius 3 is 2.38 bits per heavy atom. The van der Waals surface area contributed by atoms with Crippen molar-refractivity contribution in [3.05, 3.63) is 30.0 Å². The zero-order valence-corrected chi connectivity index (χ0v) is 25.9. The smallest absolute Gasteiger partial charge is 0.325 e. The van der Waals surface area contributed by atoms with E-state index < -0.39 is 12.0 Å². The Kier molecular flexibility index (Phi) is 13.2.